The zero-order chi connectivity index (χ0) is 66.1. The van der Waals surface area contributed by atoms with Crippen molar-refractivity contribution >= 4 is 5.91 Å². The zero-order valence-corrected chi connectivity index (χ0v) is 56.8. The lowest BCUT2D eigenvalue weighted by atomic mass is 9.96. The lowest BCUT2D eigenvalue weighted by Gasteiger charge is -2.48. The fourth-order valence-electron chi connectivity index (χ4n) is 12.7. The third-order valence-electron chi connectivity index (χ3n) is 18.7. The Hall–Kier alpha value is -1.73. The smallest absolute Gasteiger partial charge is 0.220 e. The van der Waals surface area contributed by atoms with E-state index in [1.807, 2.05) is 6.08 Å². The summed E-state index contributed by atoms with van der Waals surface area (Å²) in [7, 11) is 0. The largest absolute Gasteiger partial charge is 0.394 e. The van der Waals surface area contributed by atoms with Crippen LogP contribution in [0.4, 0.5) is 0 Å². The van der Waals surface area contributed by atoms with Gasteiger partial charge in [0.1, 0.15) is 73.2 Å². The molecule has 0 radical (unpaired) electrons. The summed E-state index contributed by atoms with van der Waals surface area (Å²) < 4.78 is 34.3. The number of hydrogen-bond donors (Lipinski definition) is 12. The second-order valence-corrected chi connectivity index (χ2v) is 26.8. The Morgan fingerprint density at radius 2 is 0.692 bits per heavy atom. The summed E-state index contributed by atoms with van der Waals surface area (Å²) in [6, 6.07) is -0.968. The van der Waals surface area contributed by atoms with Crippen molar-refractivity contribution in [3.05, 3.63) is 24.3 Å². The van der Waals surface area contributed by atoms with Gasteiger partial charge in [0.05, 0.1) is 38.6 Å². The summed E-state index contributed by atoms with van der Waals surface area (Å²) in [5.41, 5.74) is 0. The summed E-state index contributed by atoms with van der Waals surface area (Å²) in [6.07, 6.45) is 36.6. The molecule has 17 atom stereocenters. The molecule has 0 bridgehead atoms. The topological polar surface area (TPSA) is 307 Å². The van der Waals surface area contributed by atoms with Crippen molar-refractivity contribution in [2.75, 3.05) is 26.4 Å². The quantitative estimate of drug-likeness (QED) is 0.0199. The number of rotatable bonds is 58. The molecule has 3 fully saturated rings. The van der Waals surface area contributed by atoms with E-state index in [9.17, 15) is 61.0 Å². The van der Waals surface area contributed by atoms with Crippen LogP contribution in [0, 0.1) is 0 Å². The highest BCUT2D eigenvalue weighted by atomic mass is 16.8. The SMILES string of the molecule is CCCCCCCCC/C=C/C(O)C(COC1OC(CO)C(OC2OC(CO)C(OC3OC(CO)C(O)C(O)C3O)C(O)C2O)C(O)C1O)NC(=O)CCCCCCCCCCCCCCCCCCCCCCCCCCC/C=C\CCCCCCCCCC. The first-order valence-corrected chi connectivity index (χ1v) is 37.1. The number of hydrogen-bond acceptors (Lipinski definition) is 18. The molecule has 3 heterocycles. The monoisotopic (exact) mass is 1300 g/mol. The summed E-state index contributed by atoms with van der Waals surface area (Å²) in [5.74, 6) is -0.273. The summed E-state index contributed by atoms with van der Waals surface area (Å²) in [6.45, 7) is 1.71. The normalized spacial score (nSPS) is 27.9. The molecule has 3 aliphatic heterocycles. The van der Waals surface area contributed by atoms with Crippen LogP contribution in [0.2, 0.25) is 0 Å². The molecule has 17 unspecified atom stereocenters. The fraction of sp³-hybridized carbons (Fsp3) is 0.931. The van der Waals surface area contributed by atoms with Crippen molar-refractivity contribution in [3.8, 4) is 0 Å². The molecule has 19 heteroatoms. The number of aliphatic hydroxyl groups excluding tert-OH is 11. The first kappa shape index (κ1) is 83.5. The molecule has 3 aliphatic rings. The van der Waals surface area contributed by atoms with E-state index in [1.54, 1.807) is 6.08 Å². The molecule has 0 spiro atoms. The molecule has 1 amide bonds. The van der Waals surface area contributed by atoms with Crippen molar-refractivity contribution < 1.29 is 89.4 Å². The van der Waals surface area contributed by atoms with Crippen LogP contribution in [0.15, 0.2) is 24.3 Å². The lowest BCUT2D eigenvalue weighted by molar-refractivity contribution is -0.379. The minimum atomic E-state index is -1.98. The highest BCUT2D eigenvalue weighted by Gasteiger charge is 2.53. The van der Waals surface area contributed by atoms with E-state index in [2.05, 4.69) is 31.3 Å². The third-order valence-corrected chi connectivity index (χ3v) is 18.7. The first-order chi connectivity index (χ1) is 44.3. The van der Waals surface area contributed by atoms with Gasteiger partial charge in [0.25, 0.3) is 0 Å². The van der Waals surface area contributed by atoms with Crippen LogP contribution in [0.25, 0.3) is 0 Å². The maximum Gasteiger partial charge on any atom is 0.220 e. The Balaban J connectivity index is 1.27. The second kappa shape index (κ2) is 54.3. The molecular formula is C72H135NO18. The first-order valence-electron chi connectivity index (χ1n) is 37.1. The van der Waals surface area contributed by atoms with Gasteiger partial charge < -0.3 is 89.9 Å². The number of nitrogens with one attached hydrogen (secondary N) is 1. The summed E-state index contributed by atoms with van der Waals surface area (Å²) in [5, 5.41) is 120. The van der Waals surface area contributed by atoms with Crippen LogP contribution in [0.3, 0.4) is 0 Å². The van der Waals surface area contributed by atoms with Gasteiger partial charge in [-0.25, -0.2) is 0 Å². The van der Waals surface area contributed by atoms with Crippen molar-refractivity contribution in [3.63, 3.8) is 0 Å². The van der Waals surface area contributed by atoms with Gasteiger partial charge in [-0.1, -0.05) is 269 Å². The van der Waals surface area contributed by atoms with E-state index in [0.29, 0.717) is 6.42 Å². The molecule has 0 saturated carbocycles. The van der Waals surface area contributed by atoms with Crippen LogP contribution in [-0.2, 0) is 33.2 Å². The Labute approximate surface area is 549 Å². The molecule has 3 rings (SSSR count). The standard InChI is InChI=1S/C72H135NO18/c1-3-5-7-9-11-13-14-15-16-17-18-19-20-21-22-23-24-25-26-27-28-29-30-31-32-33-34-35-36-37-38-39-40-42-44-46-48-50-60(78)73-55(56(77)49-47-45-43-41-12-10-8-6-4-2)54-86-70-66(84)63(81)68(58(52-75)88-70)91-72-67(85)64(82)69(59(53-76)89-72)90-71-65(83)62(80)61(79)57(51-74)87-71/h17-18,47,49,55-59,61-72,74-77,79-85H,3-16,19-46,48,50-54H2,1-2H3,(H,73,78)/b18-17-,49-47+. The Bertz CT molecular complexity index is 1750. The van der Waals surface area contributed by atoms with Gasteiger partial charge in [-0.05, 0) is 44.9 Å². The van der Waals surface area contributed by atoms with Crippen molar-refractivity contribution in [1.29, 1.82) is 0 Å². The molecule has 0 aromatic heterocycles. The molecule has 0 aliphatic carbocycles. The van der Waals surface area contributed by atoms with Gasteiger partial charge in [0, 0.05) is 6.42 Å². The van der Waals surface area contributed by atoms with Crippen molar-refractivity contribution in [2.24, 2.45) is 0 Å². The van der Waals surface area contributed by atoms with Crippen molar-refractivity contribution in [1.82, 2.24) is 5.32 Å². The van der Waals surface area contributed by atoms with E-state index in [-0.39, 0.29) is 18.9 Å². The highest BCUT2D eigenvalue weighted by molar-refractivity contribution is 5.76. The molecular weight excluding hydrogens is 1170 g/mol. The predicted molar refractivity (Wildman–Crippen MR) is 356 cm³/mol. The maximum atomic E-state index is 13.4. The van der Waals surface area contributed by atoms with E-state index >= 15 is 0 Å². The average Bonchev–Trinajstić information content (AvgIpc) is 0.878. The van der Waals surface area contributed by atoms with E-state index in [1.165, 1.54) is 225 Å². The maximum absolute atomic E-state index is 13.4. The summed E-state index contributed by atoms with van der Waals surface area (Å²) >= 11 is 0. The van der Waals surface area contributed by atoms with Gasteiger partial charge in [0.15, 0.2) is 18.9 Å². The van der Waals surface area contributed by atoms with Crippen LogP contribution in [-0.4, -0.2) is 193 Å². The minimum Gasteiger partial charge on any atom is -0.394 e. The van der Waals surface area contributed by atoms with E-state index in [4.69, 9.17) is 28.4 Å². The average molecular weight is 1300 g/mol. The Kier molecular flexibility index (Phi) is 49.8. The van der Waals surface area contributed by atoms with Gasteiger partial charge in [-0.15, -0.1) is 0 Å². The number of amides is 1. The van der Waals surface area contributed by atoms with Gasteiger partial charge >= 0.3 is 0 Å². The van der Waals surface area contributed by atoms with Gasteiger partial charge in [-0.2, -0.15) is 0 Å². The fourth-order valence-corrected chi connectivity index (χ4v) is 12.7. The van der Waals surface area contributed by atoms with Crippen molar-refractivity contribution in [2.45, 2.75) is 401 Å². The van der Waals surface area contributed by atoms with Crippen LogP contribution >= 0.6 is 0 Å². The second-order valence-electron chi connectivity index (χ2n) is 26.8. The van der Waals surface area contributed by atoms with E-state index < -0.39 is 124 Å². The molecule has 3 saturated heterocycles. The molecule has 0 aromatic carbocycles. The molecule has 19 nitrogen and oxygen atoms in total. The Morgan fingerprint density at radius 1 is 0.385 bits per heavy atom. The van der Waals surface area contributed by atoms with Crippen LogP contribution in [0.5, 0.6) is 0 Å². The number of ether oxygens (including phenoxy) is 6. The molecule has 91 heavy (non-hydrogen) atoms. The lowest BCUT2D eigenvalue weighted by Crippen LogP contribution is -2.66. The summed E-state index contributed by atoms with van der Waals surface area (Å²) in [4.78, 5) is 13.4. The van der Waals surface area contributed by atoms with E-state index in [0.717, 1.165) is 44.9 Å². The number of carbonyl (C=O) groups is 1. The minimum absolute atomic E-state index is 0.248. The predicted octanol–water partition coefficient (Wildman–Crippen LogP) is 10.6. The third kappa shape index (κ3) is 35.9. The number of aliphatic hydroxyl groups is 11. The number of unbranched alkanes of at least 4 members (excludes halogenated alkanes) is 40. The van der Waals surface area contributed by atoms with Gasteiger partial charge in [-0.3, -0.25) is 4.79 Å². The highest BCUT2D eigenvalue weighted by Crippen LogP contribution is 2.33. The Morgan fingerprint density at radius 3 is 1.07 bits per heavy atom. The molecule has 0 aromatic rings. The molecule has 12 N–H and O–H groups in total. The van der Waals surface area contributed by atoms with Gasteiger partial charge in [0.2, 0.25) is 5.91 Å². The number of carbonyl (C=O) groups excluding carboxylic acids is 1. The zero-order valence-electron chi connectivity index (χ0n) is 56.8. The van der Waals surface area contributed by atoms with Crippen LogP contribution in [0.1, 0.15) is 296 Å². The molecule has 536 valence electrons. The van der Waals surface area contributed by atoms with Crippen LogP contribution < -0.4 is 5.32 Å². The number of allylic oxidation sites excluding steroid dienone is 3.